The van der Waals surface area contributed by atoms with Crippen molar-refractivity contribution in [1.82, 2.24) is 9.78 Å². The van der Waals surface area contributed by atoms with Crippen LogP contribution in [0.25, 0.3) is 0 Å². The van der Waals surface area contributed by atoms with Gasteiger partial charge in [-0.25, -0.2) is 9.18 Å². The van der Waals surface area contributed by atoms with Crippen LogP contribution in [0.3, 0.4) is 0 Å². The van der Waals surface area contributed by atoms with Crippen LogP contribution in [0.2, 0.25) is 0 Å². The number of nitrogens with zero attached hydrogens (tertiary/aromatic N) is 2. The molecule has 0 aliphatic carbocycles. The normalized spacial score (nSPS) is 10.4. The number of rotatable bonds is 4. The molecular weight excluding hydrogens is 279 g/mol. The molecule has 0 aliphatic heterocycles. The van der Waals surface area contributed by atoms with E-state index in [0.717, 1.165) is 12.1 Å². The number of hydrogen-bond acceptors (Lipinski definition) is 4. The zero-order valence-electron chi connectivity index (χ0n) is 11.3. The topological polar surface area (TPSA) is 110 Å². The van der Waals surface area contributed by atoms with E-state index < -0.39 is 23.3 Å². The van der Waals surface area contributed by atoms with Crippen LogP contribution in [0, 0.1) is 12.7 Å². The van der Waals surface area contributed by atoms with Gasteiger partial charge in [-0.15, -0.1) is 0 Å². The molecule has 1 aromatic heterocycles. The molecule has 2 rings (SSSR count). The SMILES string of the molecule is Cc1nn(C)c(Nc2ccc(C(=O)O)c(F)c2)c1C(N)=O. The van der Waals surface area contributed by atoms with Crippen molar-refractivity contribution >= 4 is 23.4 Å². The fraction of sp³-hybridized carbons (Fsp3) is 0.154. The molecule has 0 bridgehead atoms. The maximum Gasteiger partial charge on any atom is 0.338 e. The number of carbonyl (C=O) groups excluding carboxylic acids is 1. The third kappa shape index (κ3) is 2.69. The Hall–Kier alpha value is -2.90. The molecular formula is C13H13FN4O3. The van der Waals surface area contributed by atoms with Crippen molar-refractivity contribution in [1.29, 1.82) is 0 Å². The van der Waals surface area contributed by atoms with E-state index in [4.69, 9.17) is 10.8 Å². The Morgan fingerprint density at radius 3 is 2.62 bits per heavy atom. The van der Waals surface area contributed by atoms with Gasteiger partial charge in [-0.05, 0) is 25.1 Å². The van der Waals surface area contributed by atoms with Crippen molar-refractivity contribution in [3.8, 4) is 0 Å². The highest BCUT2D eigenvalue weighted by molar-refractivity contribution is 5.99. The molecule has 21 heavy (non-hydrogen) atoms. The molecule has 2 aromatic rings. The highest BCUT2D eigenvalue weighted by atomic mass is 19.1. The Balaban J connectivity index is 2.41. The Morgan fingerprint density at radius 2 is 2.10 bits per heavy atom. The third-order valence-electron chi connectivity index (χ3n) is 2.93. The fourth-order valence-corrected chi connectivity index (χ4v) is 2.00. The zero-order valence-corrected chi connectivity index (χ0v) is 11.3. The standard InChI is InChI=1S/C13H13FN4O3/c1-6-10(11(15)19)12(18(2)17-6)16-7-3-4-8(13(20)21)9(14)5-7/h3-5,16H,1-2H3,(H2,15,19)(H,20,21). The first kappa shape index (κ1) is 14.5. The van der Waals surface area contributed by atoms with E-state index in [-0.39, 0.29) is 11.3 Å². The van der Waals surface area contributed by atoms with Crippen molar-refractivity contribution in [2.24, 2.45) is 12.8 Å². The average Bonchev–Trinajstić information content (AvgIpc) is 2.63. The van der Waals surface area contributed by atoms with Gasteiger partial charge in [0.25, 0.3) is 5.91 Å². The summed E-state index contributed by atoms with van der Waals surface area (Å²) in [5, 5.41) is 15.7. The summed E-state index contributed by atoms with van der Waals surface area (Å²) in [5.74, 6) is -2.59. The third-order valence-corrected chi connectivity index (χ3v) is 2.93. The summed E-state index contributed by atoms with van der Waals surface area (Å²) in [6.45, 7) is 1.62. The molecule has 0 saturated carbocycles. The van der Waals surface area contributed by atoms with Crippen LogP contribution in [-0.2, 0) is 7.05 Å². The zero-order chi connectivity index (χ0) is 15.7. The first-order chi connectivity index (χ1) is 9.81. The number of aryl methyl sites for hydroxylation is 2. The minimum Gasteiger partial charge on any atom is -0.478 e. The van der Waals surface area contributed by atoms with E-state index >= 15 is 0 Å². The van der Waals surface area contributed by atoms with Crippen molar-refractivity contribution in [3.05, 3.63) is 40.8 Å². The molecule has 0 fully saturated rings. The summed E-state index contributed by atoms with van der Waals surface area (Å²) < 4.78 is 15.0. The van der Waals surface area contributed by atoms with Crippen molar-refractivity contribution < 1.29 is 19.1 Å². The Kier molecular flexibility index (Phi) is 3.62. The molecule has 1 heterocycles. The number of nitrogens with one attached hydrogen (secondary N) is 1. The average molecular weight is 292 g/mol. The summed E-state index contributed by atoms with van der Waals surface area (Å²) >= 11 is 0. The highest BCUT2D eigenvalue weighted by Crippen LogP contribution is 2.24. The van der Waals surface area contributed by atoms with Crippen molar-refractivity contribution in [3.63, 3.8) is 0 Å². The van der Waals surface area contributed by atoms with Crippen LogP contribution in [0.1, 0.15) is 26.4 Å². The number of hydrogen-bond donors (Lipinski definition) is 3. The van der Waals surface area contributed by atoms with Gasteiger partial charge in [0.1, 0.15) is 17.2 Å². The quantitative estimate of drug-likeness (QED) is 0.789. The van der Waals surface area contributed by atoms with E-state index in [2.05, 4.69) is 10.4 Å². The Labute approximate surface area is 119 Å². The molecule has 0 spiro atoms. The second-order valence-corrected chi connectivity index (χ2v) is 4.42. The smallest absolute Gasteiger partial charge is 0.338 e. The summed E-state index contributed by atoms with van der Waals surface area (Å²) in [4.78, 5) is 22.2. The van der Waals surface area contributed by atoms with E-state index in [1.807, 2.05) is 0 Å². The first-order valence-electron chi connectivity index (χ1n) is 5.94. The lowest BCUT2D eigenvalue weighted by molar-refractivity contribution is 0.0691. The molecule has 1 amide bonds. The van der Waals surface area contributed by atoms with E-state index in [1.165, 1.54) is 10.7 Å². The fourth-order valence-electron chi connectivity index (χ4n) is 2.00. The van der Waals surface area contributed by atoms with Gasteiger partial charge in [-0.1, -0.05) is 0 Å². The van der Waals surface area contributed by atoms with E-state index in [9.17, 15) is 14.0 Å². The number of benzene rings is 1. The van der Waals surface area contributed by atoms with Gasteiger partial charge in [-0.3, -0.25) is 9.48 Å². The molecule has 0 aliphatic rings. The summed E-state index contributed by atoms with van der Waals surface area (Å²) in [5.41, 5.74) is 5.77. The molecule has 4 N–H and O–H groups in total. The number of primary amides is 1. The molecule has 8 heteroatoms. The van der Waals surface area contributed by atoms with Gasteiger partial charge in [0.15, 0.2) is 0 Å². The predicted molar refractivity (Wildman–Crippen MR) is 73.1 cm³/mol. The van der Waals surface area contributed by atoms with Crippen LogP contribution < -0.4 is 11.1 Å². The maximum absolute atomic E-state index is 13.6. The molecule has 0 radical (unpaired) electrons. The number of aromatic nitrogens is 2. The number of amides is 1. The minimum absolute atomic E-state index is 0.195. The monoisotopic (exact) mass is 292 g/mol. The van der Waals surface area contributed by atoms with Crippen molar-refractivity contribution in [2.45, 2.75) is 6.92 Å². The van der Waals surface area contributed by atoms with Crippen molar-refractivity contribution in [2.75, 3.05) is 5.32 Å². The van der Waals surface area contributed by atoms with Crippen LogP contribution in [0.15, 0.2) is 18.2 Å². The van der Waals surface area contributed by atoms with Gasteiger partial charge >= 0.3 is 5.97 Å². The number of nitrogens with two attached hydrogens (primary N) is 1. The number of carbonyl (C=O) groups is 2. The second kappa shape index (κ2) is 5.23. The lowest BCUT2D eigenvalue weighted by Crippen LogP contribution is -2.14. The minimum atomic E-state index is -1.35. The lowest BCUT2D eigenvalue weighted by Gasteiger charge is -2.09. The molecule has 0 saturated heterocycles. The van der Waals surface area contributed by atoms with Gasteiger partial charge in [0, 0.05) is 12.7 Å². The number of aromatic carboxylic acids is 1. The maximum atomic E-state index is 13.6. The number of halogens is 1. The Morgan fingerprint density at radius 1 is 1.43 bits per heavy atom. The summed E-state index contributed by atoms with van der Waals surface area (Å²) in [6.07, 6.45) is 0. The summed E-state index contributed by atoms with van der Waals surface area (Å²) in [6, 6.07) is 3.55. The van der Waals surface area contributed by atoms with Gasteiger partial charge in [0.05, 0.1) is 11.3 Å². The number of carboxylic acid groups (broad SMARTS) is 1. The van der Waals surface area contributed by atoms with Gasteiger partial charge in [-0.2, -0.15) is 5.10 Å². The first-order valence-corrected chi connectivity index (χ1v) is 5.94. The molecule has 110 valence electrons. The van der Waals surface area contributed by atoms with Crippen LogP contribution in [0.4, 0.5) is 15.9 Å². The van der Waals surface area contributed by atoms with Gasteiger partial charge in [0.2, 0.25) is 0 Å². The predicted octanol–water partition coefficient (Wildman–Crippen LogP) is 1.41. The van der Waals surface area contributed by atoms with Gasteiger partial charge < -0.3 is 16.2 Å². The van der Waals surface area contributed by atoms with Crippen LogP contribution >= 0.6 is 0 Å². The highest BCUT2D eigenvalue weighted by Gasteiger charge is 2.19. The van der Waals surface area contributed by atoms with Crippen LogP contribution in [0.5, 0.6) is 0 Å². The molecule has 7 nitrogen and oxygen atoms in total. The summed E-state index contributed by atoms with van der Waals surface area (Å²) in [7, 11) is 1.60. The number of anilines is 2. The van der Waals surface area contributed by atoms with E-state index in [0.29, 0.717) is 11.5 Å². The number of carboxylic acids is 1. The molecule has 1 aromatic carbocycles. The lowest BCUT2D eigenvalue weighted by atomic mass is 10.2. The van der Waals surface area contributed by atoms with Crippen LogP contribution in [-0.4, -0.2) is 26.8 Å². The largest absolute Gasteiger partial charge is 0.478 e. The molecule has 0 unspecified atom stereocenters. The Bertz CT molecular complexity index is 739. The van der Waals surface area contributed by atoms with E-state index in [1.54, 1.807) is 14.0 Å². The molecule has 0 atom stereocenters. The second-order valence-electron chi connectivity index (χ2n) is 4.42.